The van der Waals surface area contributed by atoms with Crippen molar-refractivity contribution in [2.75, 3.05) is 37.1 Å². The van der Waals surface area contributed by atoms with Gasteiger partial charge in [0.15, 0.2) is 0 Å². The second-order valence-corrected chi connectivity index (χ2v) is 9.37. The number of fused-ring (bicyclic) bond motifs is 1. The molecule has 0 bridgehead atoms. The Morgan fingerprint density at radius 1 is 1.06 bits per heavy atom. The summed E-state index contributed by atoms with van der Waals surface area (Å²) in [6, 6.07) is 14.7. The molecule has 0 unspecified atom stereocenters. The van der Waals surface area contributed by atoms with Crippen LogP contribution in [0.5, 0.6) is 5.75 Å². The van der Waals surface area contributed by atoms with Crippen LogP contribution in [0.15, 0.2) is 48.5 Å². The van der Waals surface area contributed by atoms with Gasteiger partial charge in [0.05, 0.1) is 13.2 Å². The zero-order valence-corrected chi connectivity index (χ0v) is 20.5. The number of benzene rings is 2. The van der Waals surface area contributed by atoms with Gasteiger partial charge in [0.1, 0.15) is 5.75 Å². The first-order valence-corrected chi connectivity index (χ1v) is 13.0. The van der Waals surface area contributed by atoms with E-state index in [0.29, 0.717) is 37.4 Å². The second-order valence-electron chi connectivity index (χ2n) is 8.38. The summed E-state index contributed by atoms with van der Waals surface area (Å²) in [4.78, 5) is 30.5. The number of anilines is 1. The molecule has 178 valence electrons. The molecule has 6 nitrogen and oxygen atoms in total. The summed E-state index contributed by atoms with van der Waals surface area (Å²) < 4.78 is 5.32. The van der Waals surface area contributed by atoms with E-state index in [2.05, 4.69) is 0 Å². The first kappa shape index (κ1) is 25.1. The number of hydrogen-bond donors (Lipinski definition) is 1. The minimum Gasteiger partial charge on any atom is -0.497 e. The smallest absolute Gasteiger partial charge is 0.258 e. The van der Waals surface area contributed by atoms with Crippen LogP contribution in [0.3, 0.4) is 0 Å². The Balaban J connectivity index is 1.92. The topological polar surface area (TPSA) is 75.9 Å². The predicted molar refractivity (Wildman–Crippen MR) is 136 cm³/mol. The van der Waals surface area contributed by atoms with Crippen LogP contribution in [0.1, 0.15) is 48.0 Å². The van der Waals surface area contributed by atoms with Gasteiger partial charge in [0.25, 0.3) is 5.91 Å². The summed E-state index contributed by atoms with van der Waals surface area (Å²) >= 11 is 1.70. The molecule has 2 aromatic carbocycles. The Bertz CT molecular complexity index is 937. The average molecular weight is 470 g/mol. The van der Waals surface area contributed by atoms with Crippen LogP contribution in [0.4, 0.5) is 5.69 Å². The maximum atomic E-state index is 13.6. The van der Waals surface area contributed by atoms with Gasteiger partial charge in [-0.25, -0.2) is 0 Å². The molecule has 1 heterocycles. The molecule has 1 aliphatic rings. The van der Waals surface area contributed by atoms with E-state index in [9.17, 15) is 9.59 Å². The number of rotatable bonds is 6. The number of carbonyl (C=O) groups is 2. The van der Waals surface area contributed by atoms with Gasteiger partial charge in [-0.2, -0.15) is 11.8 Å². The molecule has 0 spiro atoms. The van der Waals surface area contributed by atoms with Crippen molar-refractivity contribution in [1.82, 2.24) is 4.90 Å². The van der Waals surface area contributed by atoms with Crippen molar-refractivity contribution in [1.29, 1.82) is 0 Å². The molecule has 7 heteroatoms. The molecule has 0 radical (unpaired) electrons. The zero-order valence-electron chi connectivity index (χ0n) is 19.7. The highest BCUT2D eigenvalue weighted by Crippen LogP contribution is 2.27. The third-order valence-corrected chi connectivity index (χ3v) is 6.67. The average Bonchev–Trinajstić information content (AvgIpc) is 2.89. The van der Waals surface area contributed by atoms with Crippen molar-refractivity contribution < 1.29 is 14.3 Å². The van der Waals surface area contributed by atoms with Crippen LogP contribution >= 0.6 is 11.8 Å². The summed E-state index contributed by atoms with van der Waals surface area (Å²) in [5.74, 6) is 1.45. The monoisotopic (exact) mass is 469 g/mol. The van der Waals surface area contributed by atoms with Gasteiger partial charge in [-0.1, -0.05) is 37.1 Å². The number of hydrogen-bond acceptors (Lipinski definition) is 5. The van der Waals surface area contributed by atoms with Crippen LogP contribution < -0.4 is 15.4 Å². The summed E-state index contributed by atoms with van der Waals surface area (Å²) in [7, 11) is 1.60. The van der Waals surface area contributed by atoms with Crippen LogP contribution in [0, 0.1) is 0 Å². The molecule has 2 N–H and O–H groups in total. The Labute approximate surface area is 201 Å². The lowest BCUT2D eigenvalue weighted by atomic mass is 10.1. The lowest BCUT2D eigenvalue weighted by molar-refractivity contribution is -0.133. The van der Waals surface area contributed by atoms with Crippen molar-refractivity contribution in [3.8, 4) is 5.75 Å². The minimum absolute atomic E-state index is 0.0104. The van der Waals surface area contributed by atoms with Crippen molar-refractivity contribution in [2.45, 2.75) is 44.7 Å². The Kier molecular flexibility index (Phi) is 9.63. The number of nitrogens with zero attached hydrogens (tertiary/aromatic N) is 2. The van der Waals surface area contributed by atoms with E-state index in [0.717, 1.165) is 42.7 Å². The van der Waals surface area contributed by atoms with E-state index >= 15 is 0 Å². The van der Waals surface area contributed by atoms with E-state index in [4.69, 9.17) is 10.5 Å². The molecule has 0 fully saturated rings. The lowest BCUT2D eigenvalue weighted by Gasteiger charge is -2.29. The van der Waals surface area contributed by atoms with E-state index < -0.39 is 6.04 Å². The second kappa shape index (κ2) is 12.7. The Morgan fingerprint density at radius 3 is 2.58 bits per heavy atom. The highest BCUT2D eigenvalue weighted by atomic mass is 32.2. The molecule has 2 aromatic rings. The van der Waals surface area contributed by atoms with Crippen LogP contribution in [-0.2, 0) is 11.3 Å². The highest BCUT2D eigenvalue weighted by Gasteiger charge is 2.25. The largest absolute Gasteiger partial charge is 0.497 e. The van der Waals surface area contributed by atoms with Crippen molar-refractivity contribution >= 4 is 29.3 Å². The number of nitrogens with two attached hydrogens (primary N) is 1. The Morgan fingerprint density at radius 2 is 1.82 bits per heavy atom. The summed E-state index contributed by atoms with van der Waals surface area (Å²) in [5, 5.41) is 0. The molecule has 1 aliphatic heterocycles. The van der Waals surface area contributed by atoms with Gasteiger partial charge in [-0.15, -0.1) is 0 Å². The third-order valence-electron chi connectivity index (χ3n) is 6.03. The molecule has 0 aromatic heterocycles. The number of para-hydroxylation sites is 1. The summed E-state index contributed by atoms with van der Waals surface area (Å²) in [6.45, 7) is 1.77. The van der Waals surface area contributed by atoms with Crippen molar-refractivity contribution in [2.24, 2.45) is 5.73 Å². The number of thioether (sulfide) groups is 1. The van der Waals surface area contributed by atoms with Gasteiger partial charge in [0.2, 0.25) is 5.91 Å². The molecular formula is C26H35N3O3S. The third kappa shape index (κ3) is 6.74. The minimum atomic E-state index is -0.496. The van der Waals surface area contributed by atoms with E-state index in [-0.39, 0.29) is 11.8 Å². The molecule has 2 amide bonds. The molecule has 3 rings (SSSR count). The maximum Gasteiger partial charge on any atom is 0.258 e. The van der Waals surface area contributed by atoms with Crippen LogP contribution in [0.25, 0.3) is 0 Å². The fourth-order valence-electron chi connectivity index (χ4n) is 4.15. The SMILES string of the molecule is COc1cccc(C(=O)N2CCCCCCN(C(=O)[C@H](N)CCSC)Cc3ccccc32)c1. The molecule has 0 saturated carbocycles. The molecule has 33 heavy (non-hydrogen) atoms. The molecule has 0 aliphatic carbocycles. The Hall–Kier alpha value is -2.51. The standard InChI is InChI=1S/C26H35N3O3S/c1-32-22-12-9-11-20(18-22)25(30)29-16-8-4-3-7-15-28(26(31)23(27)14-17-33-2)19-21-10-5-6-13-24(21)29/h5-6,9-13,18,23H,3-4,7-8,14-17,19,27H2,1-2H3/t23-/m1/s1. The maximum absolute atomic E-state index is 13.6. The number of amides is 2. The van der Waals surface area contributed by atoms with E-state index in [1.807, 2.05) is 58.5 Å². The van der Waals surface area contributed by atoms with Gasteiger partial charge in [0, 0.05) is 30.9 Å². The van der Waals surface area contributed by atoms with Gasteiger partial charge in [-0.3, -0.25) is 9.59 Å². The van der Waals surface area contributed by atoms with Crippen molar-refractivity contribution in [3.63, 3.8) is 0 Å². The zero-order chi connectivity index (χ0) is 23.6. The highest BCUT2D eigenvalue weighted by molar-refractivity contribution is 7.98. The first-order valence-electron chi connectivity index (χ1n) is 11.6. The van der Waals surface area contributed by atoms with Crippen LogP contribution in [-0.4, -0.2) is 55.0 Å². The van der Waals surface area contributed by atoms with Gasteiger partial charge in [-0.05, 0) is 61.1 Å². The first-order chi connectivity index (χ1) is 16.0. The predicted octanol–water partition coefficient (Wildman–Crippen LogP) is 4.33. The fourth-order valence-corrected chi connectivity index (χ4v) is 4.64. The fraction of sp³-hybridized carbons (Fsp3) is 0.462. The molecular weight excluding hydrogens is 434 g/mol. The number of methoxy groups -OCH3 is 1. The van der Waals surface area contributed by atoms with Crippen LogP contribution in [0.2, 0.25) is 0 Å². The van der Waals surface area contributed by atoms with E-state index in [1.165, 1.54) is 0 Å². The van der Waals surface area contributed by atoms with E-state index in [1.54, 1.807) is 24.9 Å². The number of ether oxygens (including phenoxy) is 1. The molecule has 1 atom stereocenters. The van der Waals surface area contributed by atoms with Gasteiger partial charge < -0.3 is 20.3 Å². The summed E-state index contributed by atoms with van der Waals surface area (Å²) in [5.41, 5.74) is 8.64. The summed E-state index contributed by atoms with van der Waals surface area (Å²) in [6.07, 6.45) is 6.55. The van der Waals surface area contributed by atoms with Crippen molar-refractivity contribution in [3.05, 3.63) is 59.7 Å². The molecule has 0 saturated heterocycles. The normalized spacial score (nSPS) is 15.8. The van der Waals surface area contributed by atoms with Gasteiger partial charge >= 0.3 is 0 Å². The number of carbonyl (C=O) groups excluding carboxylic acids is 2. The quantitative estimate of drug-likeness (QED) is 0.682. The lowest BCUT2D eigenvalue weighted by Crippen LogP contribution is -2.44.